The average molecular weight is 350 g/mol. The predicted octanol–water partition coefficient (Wildman–Crippen LogP) is 0.899. The molecule has 2 amide bonds. The molecule has 2 N–H and O–H groups in total. The molecular formula is C17H22N2O6. The second-order valence-corrected chi connectivity index (χ2v) is 5.49. The third kappa shape index (κ3) is 4.40. The van der Waals surface area contributed by atoms with Gasteiger partial charge in [0, 0.05) is 18.7 Å². The lowest BCUT2D eigenvalue weighted by Crippen LogP contribution is -2.56. The number of hydrogen-bond acceptors (Lipinski definition) is 5. The van der Waals surface area contributed by atoms with Crippen molar-refractivity contribution in [2.45, 2.75) is 26.3 Å². The average Bonchev–Trinajstić information content (AvgIpc) is 2.60. The van der Waals surface area contributed by atoms with Crippen molar-refractivity contribution in [3.63, 3.8) is 0 Å². The topological polar surface area (TPSA) is 105 Å². The minimum atomic E-state index is -1.10. The van der Waals surface area contributed by atoms with E-state index in [0.29, 0.717) is 37.4 Å². The summed E-state index contributed by atoms with van der Waals surface area (Å²) in [4.78, 5) is 36.9. The van der Waals surface area contributed by atoms with Crippen LogP contribution in [0, 0.1) is 0 Å². The summed E-state index contributed by atoms with van der Waals surface area (Å²) in [7, 11) is 0. The molecule has 0 aliphatic carbocycles. The molecule has 0 aromatic heterocycles. The molecule has 1 fully saturated rings. The van der Waals surface area contributed by atoms with Crippen molar-refractivity contribution >= 4 is 17.8 Å². The highest BCUT2D eigenvalue weighted by Gasteiger charge is 2.32. The Kier molecular flexibility index (Phi) is 6.21. The van der Waals surface area contributed by atoms with Crippen LogP contribution in [0.3, 0.4) is 0 Å². The molecule has 1 heterocycles. The Morgan fingerprint density at radius 2 is 2.04 bits per heavy atom. The van der Waals surface area contributed by atoms with Crippen LogP contribution in [-0.4, -0.2) is 60.1 Å². The summed E-state index contributed by atoms with van der Waals surface area (Å²) in [6.07, 6.45) is 0.524. The van der Waals surface area contributed by atoms with Gasteiger partial charge in [-0.25, -0.2) is 4.79 Å². The highest BCUT2D eigenvalue weighted by molar-refractivity contribution is 5.98. The predicted molar refractivity (Wildman–Crippen MR) is 88.9 cm³/mol. The van der Waals surface area contributed by atoms with Gasteiger partial charge in [-0.3, -0.25) is 9.59 Å². The van der Waals surface area contributed by atoms with Gasteiger partial charge in [0.25, 0.3) is 5.91 Å². The lowest BCUT2D eigenvalue weighted by atomic mass is 10.1. The Morgan fingerprint density at radius 1 is 1.28 bits per heavy atom. The highest BCUT2D eigenvalue weighted by atomic mass is 16.5. The van der Waals surface area contributed by atoms with Crippen molar-refractivity contribution in [1.82, 2.24) is 10.2 Å². The van der Waals surface area contributed by atoms with Gasteiger partial charge in [-0.1, -0.05) is 6.92 Å². The molecule has 1 aliphatic rings. The van der Waals surface area contributed by atoms with Crippen LogP contribution in [0.4, 0.5) is 0 Å². The fourth-order valence-corrected chi connectivity index (χ4v) is 2.70. The summed E-state index contributed by atoms with van der Waals surface area (Å²) < 4.78 is 10.6. The molecule has 1 atom stereocenters. The molecule has 1 aromatic rings. The van der Waals surface area contributed by atoms with Gasteiger partial charge in [0.1, 0.15) is 6.04 Å². The Balaban J connectivity index is 2.25. The van der Waals surface area contributed by atoms with Gasteiger partial charge >= 0.3 is 5.97 Å². The number of ether oxygens (including phenoxy) is 2. The zero-order valence-electron chi connectivity index (χ0n) is 14.3. The minimum absolute atomic E-state index is 0.159. The standard InChI is InChI=1S/C17H22N2O6/c1-3-12-16(22)18-7-8-19(12)17(23)11-5-6-13(25-10-15(20)21)14(9-11)24-4-2/h5-6,9,12H,3-4,7-8,10H2,1-2H3,(H,18,22)(H,20,21)/t12-/m1/s1. The quantitative estimate of drug-likeness (QED) is 0.757. The molecule has 0 bridgehead atoms. The van der Waals surface area contributed by atoms with Crippen molar-refractivity contribution < 1.29 is 29.0 Å². The zero-order valence-corrected chi connectivity index (χ0v) is 14.3. The van der Waals surface area contributed by atoms with Crippen molar-refractivity contribution in [2.75, 3.05) is 26.3 Å². The van der Waals surface area contributed by atoms with Crippen LogP contribution in [0.5, 0.6) is 11.5 Å². The molecule has 1 aliphatic heterocycles. The van der Waals surface area contributed by atoms with E-state index in [1.54, 1.807) is 17.9 Å². The monoisotopic (exact) mass is 350 g/mol. The van der Waals surface area contributed by atoms with Crippen LogP contribution >= 0.6 is 0 Å². The fourth-order valence-electron chi connectivity index (χ4n) is 2.70. The number of nitrogens with one attached hydrogen (secondary N) is 1. The summed E-state index contributed by atoms with van der Waals surface area (Å²) >= 11 is 0. The molecular weight excluding hydrogens is 328 g/mol. The molecule has 0 spiro atoms. The molecule has 1 aromatic carbocycles. The first-order valence-electron chi connectivity index (χ1n) is 8.18. The Labute approximate surface area is 145 Å². The number of carbonyl (C=O) groups excluding carboxylic acids is 2. The number of piperazine rings is 1. The molecule has 0 saturated carbocycles. The van der Waals surface area contributed by atoms with Gasteiger partial charge in [0.15, 0.2) is 18.1 Å². The number of rotatable bonds is 7. The number of carbonyl (C=O) groups is 3. The largest absolute Gasteiger partial charge is 0.490 e. The third-order valence-corrected chi connectivity index (χ3v) is 3.82. The summed E-state index contributed by atoms with van der Waals surface area (Å²) in [6.45, 7) is 4.31. The van der Waals surface area contributed by atoms with E-state index in [1.165, 1.54) is 12.1 Å². The summed E-state index contributed by atoms with van der Waals surface area (Å²) in [5, 5.41) is 11.5. The molecule has 25 heavy (non-hydrogen) atoms. The van der Waals surface area contributed by atoms with Crippen LogP contribution in [0.2, 0.25) is 0 Å². The van der Waals surface area contributed by atoms with Gasteiger partial charge in [0.05, 0.1) is 6.61 Å². The molecule has 0 unspecified atom stereocenters. The first-order valence-corrected chi connectivity index (χ1v) is 8.18. The van der Waals surface area contributed by atoms with Crippen molar-refractivity contribution in [2.24, 2.45) is 0 Å². The SMILES string of the molecule is CCOc1cc(C(=O)N2CCNC(=O)[C@H]2CC)ccc1OCC(=O)O. The number of carboxylic acid groups (broad SMARTS) is 1. The number of carboxylic acids is 1. The van der Waals surface area contributed by atoms with Gasteiger partial charge in [-0.2, -0.15) is 0 Å². The number of hydrogen-bond donors (Lipinski definition) is 2. The number of amides is 2. The lowest BCUT2D eigenvalue weighted by molar-refractivity contribution is -0.139. The second-order valence-electron chi connectivity index (χ2n) is 5.49. The van der Waals surface area contributed by atoms with E-state index in [4.69, 9.17) is 14.6 Å². The van der Waals surface area contributed by atoms with Crippen molar-refractivity contribution in [3.05, 3.63) is 23.8 Å². The van der Waals surface area contributed by atoms with Gasteiger partial charge in [-0.15, -0.1) is 0 Å². The van der Waals surface area contributed by atoms with E-state index >= 15 is 0 Å². The van der Waals surface area contributed by atoms with E-state index in [2.05, 4.69) is 5.32 Å². The number of benzene rings is 1. The van der Waals surface area contributed by atoms with Crippen LogP contribution in [0.25, 0.3) is 0 Å². The van der Waals surface area contributed by atoms with Crippen molar-refractivity contribution in [1.29, 1.82) is 0 Å². The van der Waals surface area contributed by atoms with Gasteiger partial charge in [0.2, 0.25) is 5.91 Å². The lowest BCUT2D eigenvalue weighted by Gasteiger charge is -2.34. The molecule has 1 saturated heterocycles. The fraction of sp³-hybridized carbons (Fsp3) is 0.471. The smallest absolute Gasteiger partial charge is 0.341 e. The van der Waals surface area contributed by atoms with E-state index < -0.39 is 18.6 Å². The summed E-state index contributed by atoms with van der Waals surface area (Å²) in [5.41, 5.74) is 0.360. The molecule has 2 rings (SSSR count). The Bertz CT molecular complexity index is 661. The summed E-state index contributed by atoms with van der Waals surface area (Å²) in [6, 6.07) is 4.06. The van der Waals surface area contributed by atoms with E-state index in [9.17, 15) is 14.4 Å². The van der Waals surface area contributed by atoms with Crippen molar-refractivity contribution in [3.8, 4) is 11.5 Å². The Morgan fingerprint density at radius 3 is 2.68 bits per heavy atom. The molecule has 8 nitrogen and oxygen atoms in total. The minimum Gasteiger partial charge on any atom is -0.490 e. The summed E-state index contributed by atoms with van der Waals surface area (Å²) in [5.74, 6) is -0.984. The van der Waals surface area contributed by atoms with Gasteiger partial charge < -0.3 is 24.8 Å². The van der Waals surface area contributed by atoms with E-state index in [-0.39, 0.29) is 17.6 Å². The zero-order chi connectivity index (χ0) is 18.4. The van der Waals surface area contributed by atoms with Crippen LogP contribution in [0.15, 0.2) is 18.2 Å². The second kappa shape index (κ2) is 8.36. The maximum atomic E-state index is 12.8. The van der Waals surface area contributed by atoms with Crippen LogP contribution < -0.4 is 14.8 Å². The third-order valence-electron chi connectivity index (χ3n) is 3.82. The number of nitrogens with zero attached hydrogens (tertiary/aromatic N) is 1. The maximum absolute atomic E-state index is 12.8. The maximum Gasteiger partial charge on any atom is 0.341 e. The van der Waals surface area contributed by atoms with E-state index in [1.807, 2.05) is 6.92 Å². The highest BCUT2D eigenvalue weighted by Crippen LogP contribution is 2.29. The van der Waals surface area contributed by atoms with E-state index in [0.717, 1.165) is 0 Å². The first-order chi connectivity index (χ1) is 12.0. The molecule has 136 valence electrons. The first kappa shape index (κ1) is 18.6. The normalized spacial score (nSPS) is 17.0. The molecule has 8 heteroatoms. The Hall–Kier alpha value is -2.77. The van der Waals surface area contributed by atoms with Crippen LogP contribution in [0.1, 0.15) is 30.6 Å². The number of aliphatic carboxylic acids is 1. The van der Waals surface area contributed by atoms with Gasteiger partial charge in [-0.05, 0) is 31.5 Å². The molecule has 0 radical (unpaired) electrons. The van der Waals surface area contributed by atoms with Crippen LogP contribution in [-0.2, 0) is 9.59 Å².